The number of benzene rings is 2. The number of nitrogens with zero attached hydrogens (tertiary/aromatic N) is 1. The van der Waals surface area contributed by atoms with Gasteiger partial charge in [0, 0.05) is 28.0 Å². The maximum absolute atomic E-state index is 12.9. The van der Waals surface area contributed by atoms with E-state index in [4.69, 9.17) is 11.6 Å². The molecule has 0 fully saturated rings. The molecule has 3 rings (SSSR count). The number of alkyl halides is 3. The molecule has 0 atom stereocenters. The fourth-order valence-corrected chi connectivity index (χ4v) is 2.25. The Hall–Kier alpha value is -2.27. The van der Waals surface area contributed by atoms with Crippen molar-refractivity contribution in [3.63, 3.8) is 0 Å². The number of pyridine rings is 1. The molecule has 0 amide bonds. The van der Waals surface area contributed by atoms with Gasteiger partial charge in [-0.2, -0.15) is 13.2 Å². The molecule has 22 heavy (non-hydrogen) atoms. The topological polar surface area (TPSA) is 24.9 Å². The Kier molecular flexibility index (Phi) is 3.66. The first-order chi connectivity index (χ1) is 10.4. The third-order valence-corrected chi connectivity index (χ3v) is 3.44. The summed E-state index contributed by atoms with van der Waals surface area (Å²) in [6.07, 6.45) is -2.84. The van der Waals surface area contributed by atoms with Gasteiger partial charge in [-0.1, -0.05) is 11.6 Å². The molecule has 2 aromatic carbocycles. The predicted octanol–water partition coefficient (Wildman–Crippen LogP) is 5.65. The first-order valence-electron chi connectivity index (χ1n) is 6.42. The molecule has 6 heteroatoms. The molecule has 0 aliphatic carbocycles. The van der Waals surface area contributed by atoms with Gasteiger partial charge in [0.25, 0.3) is 0 Å². The molecule has 112 valence electrons. The van der Waals surface area contributed by atoms with Crippen LogP contribution in [0.1, 0.15) is 5.56 Å². The van der Waals surface area contributed by atoms with E-state index in [0.717, 1.165) is 17.8 Å². The summed E-state index contributed by atoms with van der Waals surface area (Å²) >= 11 is 5.82. The van der Waals surface area contributed by atoms with Crippen molar-refractivity contribution in [2.45, 2.75) is 6.18 Å². The van der Waals surface area contributed by atoms with E-state index in [9.17, 15) is 13.2 Å². The van der Waals surface area contributed by atoms with Gasteiger partial charge in [-0.25, -0.2) is 0 Å². The second-order valence-corrected chi connectivity index (χ2v) is 5.16. The summed E-state index contributed by atoms with van der Waals surface area (Å²) in [5.74, 6) is 0. The molecular formula is C16H10ClF3N2. The van der Waals surface area contributed by atoms with Crippen LogP contribution >= 0.6 is 11.6 Å². The molecule has 0 radical (unpaired) electrons. The summed E-state index contributed by atoms with van der Waals surface area (Å²) in [5, 5.41) is 4.08. The number of fused-ring (bicyclic) bond motifs is 1. The lowest BCUT2D eigenvalue weighted by Crippen LogP contribution is -2.04. The molecule has 0 spiro atoms. The second-order valence-electron chi connectivity index (χ2n) is 4.72. The van der Waals surface area contributed by atoms with Gasteiger partial charge in [-0.3, -0.25) is 4.98 Å². The van der Waals surface area contributed by atoms with Gasteiger partial charge in [0.1, 0.15) is 0 Å². The van der Waals surface area contributed by atoms with Crippen molar-refractivity contribution in [1.82, 2.24) is 4.98 Å². The molecule has 0 saturated carbocycles. The first kappa shape index (κ1) is 14.7. The third-order valence-electron chi connectivity index (χ3n) is 3.19. The fraction of sp³-hybridized carbons (Fsp3) is 0.0625. The molecule has 3 aromatic rings. The number of anilines is 2. The molecule has 1 heterocycles. The molecule has 0 saturated heterocycles. The molecule has 0 aliphatic rings. The highest BCUT2D eigenvalue weighted by atomic mass is 35.5. The quantitative estimate of drug-likeness (QED) is 0.659. The number of nitrogens with one attached hydrogen (secondary N) is 1. The Morgan fingerprint density at radius 1 is 0.955 bits per heavy atom. The first-order valence-corrected chi connectivity index (χ1v) is 6.80. The van der Waals surface area contributed by atoms with Crippen LogP contribution in [0.2, 0.25) is 5.02 Å². The lowest BCUT2D eigenvalue weighted by atomic mass is 10.1. The van der Waals surface area contributed by atoms with Crippen molar-refractivity contribution in [2.24, 2.45) is 0 Å². The Morgan fingerprint density at radius 3 is 2.36 bits per heavy atom. The maximum Gasteiger partial charge on any atom is 0.416 e. The molecular weight excluding hydrogens is 313 g/mol. The summed E-state index contributed by atoms with van der Waals surface area (Å²) < 4.78 is 38.6. The van der Waals surface area contributed by atoms with Gasteiger partial charge in [0.2, 0.25) is 0 Å². The Morgan fingerprint density at radius 2 is 1.68 bits per heavy atom. The summed E-state index contributed by atoms with van der Waals surface area (Å²) in [5.41, 5.74) is 1.08. The number of rotatable bonds is 2. The van der Waals surface area contributed by atoms with E-state index in [0.29, 0.717) is 21.6 Å². The average Bonchev–Trinajstić information content (AvgIpc) is 2.48. The van der Waals surface area contributed by atoms with E-state index < -0.39 is 11.7 Å². The third kappa shape index (κ3) is 2.99. The molecule has 1 aromatic heterocycles. The Bertz CT molecular complexity index is 814. The lowest BCUT2D eigenvalue weighted by molar-refractivity contribution is -0.137. The molecule has 0 bridgehead atoms. The van der Waals surface area contributed by atoms with Gasteiger partial charge < -0.3 is 5.32 Å². The zero-order valence-electron chi connectivity index (χ0n) is 11.2. The van der Waals surface area contributed by atoms with Crippen LogP contribution in [-0.4, -0.2) is 4.98 Å². The van der Waals surface area contributed by atoms with E-state index in [-0.39, 0.29) is 0 Å². The highest BCUT2D eigenvalue weighted by Crippen LogP contribution is 2.33. The van der Waals surface area contributed by atoms with Crippen LogP contribution in [-0.2, 0) is 6.18 Å². The zero-order chi connectivity index (χ0) is 15.7. The molecule has 1 N–H and O–H groups in total. The minimum absolute atomic E-state index is 0.410. The normalized spacial score (nSPS) is 11.6. The van der Waals surface area contributed by atoms with Gasteiger partial charge in [0.05, 0.1) is 11.1 Å². The highest BCUT2D eigenvalue weighted by Gasteiger charge is 2.30. The highest BCUT2D eigenvalue weighted by molar-refractivity contribution is 6.30. The van der Waals surface area contributed by atoms with Crippen LogP contribution in [0.25, 0.3) is 10.9 Å². The monoisotopic (exact) mass is 322 g/mol. The van der Waals surface area contributed by atoms with Crippen LogP contribution < -0.4 is 5.32 Å². The minimum Gasteiger partial charge on any atom is -0.355 e. The van der Waals surface area contributed by atoms with Crippen LogP contribution in [0.5, 0.6) is 0 Å². The molecule has 0 aliphatic heterocycles. The Balaban J connectivity index is 2.06. The van der Waals surface area contributed by atoms with Crippen molar-refractivity contribution in [2.75, 3.05) is 5.32 Å². The minimum atomic E-state index is -4.39. The number of hydrogen-bond acceptors (Lipinski definition) is 2. The van der Waals surface area contributed by atoms with Crippen molar-refractivity contribution in [3.05, 3.63) is 65.3 Å². The SMILES string of the molecule is FC(F)(F)c1ccc2nccc(Nc3ccc(Cl)cc3)c2c1. The van der Waals surface area contributed by atoms with Gasteiger partial charge in [0.15, 0.2) is 0 Å². The van der Waals surface area contributed by atoms with Crippen LogP contribution in [0.4, 0.5) is 24.5 Å². The van der Waals surface area contributed by atoms with Crippen LogP contribution in [0.3, 0.4) is 0 Å². The molecule has 0 unspecified atom stereocenters. The summed E-state index contributed by atoms with van der Waals surface area (Å²) in [6.45, 7) is 0. The summed E-state index contributed by atoms with van der Waals surface area (Å²) in [7, 11) is 0. The van der Waals surface area contributed by atoms with Gasteiger partial charge >= 0.3 is 6.18 Å². The summed E-state index contributed by atoms with van der Waals surface area (Å²) in [6, 6.07) is 12.0. The van der Waals surface area contributed by atoms with Crippen molar-refractivity contribution >= 4 is 33.9 Å². The number of hydrogen-bond donors (Lipinski definition) is 1. The van der Waals surface area contributed by atoms with Crippen molar-refractivity contribution < 1.29 is 13.2 Å². The smallest absolute Gasteiger partial charge is 0.355 e. The van der Waals surface area contributed by atoms with E-state index in [1.807, 2.05) is 0 Å². The lowest BCUT2D eigenvalue weighted by Gasteiger charge is -2.12. The van der Waals surface area contributed by atoms with Gasteiger partial charge in [-0.05, 0) is 48.5 Å². The van der Waals surface area contributed by atoms with E-state index in [2.05, 4.69) is 10.3 Å². The van der Waals surface area contributed by atoms with E-state index >= 15 is 0 Å². The number of halogens is 4. The largest absolute Gasteiger partial charge is 0.416 e. The fourth-order valence-electron chi connectivity index (χ4n) is 2.12. The van der Waals surface area contributed by atoms with E-state index in [1.165, 1.54) is 6.07 Å². The predicted molar refractivity (Wildman–Crippen MR) is 81.5 cm³/mol. The van der Waals surface area contributed by atoms with E-state index in [1.54, 1.807) is 36.5 Å². The number of aromatic nitrogens is 1. The molecule has 2 nitrogen and oxygen atoms in total. The van der Waals surface area contributed by atoms with Crippen molar-refractivity contribution in [1.29, 1.82) is 0 Å². The van der Waals surface area contributed by atoms with Crippen LogP contribution in [0.15, 0.2) is 54.7 Å². The average molecular weight is 323 g/mol. The van der Waals surface area contributed by atoms with Gasteiger partial charge in [-0.15, -0.1) is 0 Å². The zero-order valence-corrected chi connectivity index (χ0v) is 11.9. The maximum atomic E-state index is 12.9. The second kappa shape index (κ2) is 5.50. The van der Waals surface area contributed by atoms with Crippen LogP contribution in [0, 0.1) is 0 Å². The standard InChI is InChI=1S/C16H10ClF3N2/c17-11-2-4-12(5-3-11)22-15-7-8-21-14-6-1-10(9-13(14)15)16(18,19)20/h1-9H,(H,21,22). The Labute approximate surface area is 129 Å². The van der Waals surface area contributed by atoms with Crippen molar-refractivity contribution in [3.8, 4) is 0 Å². The summed E-state index contributed by atoms with van der Waals surface area (Å²) in [4.78, 5) is 4.09.